The van der Waals surface area contributed by atoms with E-state index in [-0.39, 0.29) is 0 Å². The molecule has 0 atom stereocenters. The average molecular weight is 161 g/mol. The minimum Gasteiger partial charge on any atom is -0.374 e. The molecule has 0 aromatic rings. The van der Waals surface area contributed by atoms with Crippen LogP contribution in [0.1, 0.15) is 13.8 Å². The molecule has 1 heterocycles. The highest BCUT2D eigenvalue weighted by Gasteiger charge is 2.18. The van der Waals surface area contributed by atoms with Gasteiger partial charge in [-0.1, -0.05) is 0 Å². The number of rotatable bonds is 1. The van der Waals surface area contributed by atoms with Gasteiger partial charge in [0.1, 0.15) is 0 Å². The van der Waals surface area contributed by atoms with Crippen molar-refractivity contribution in [2.45, 2.75) is 19.9 Å². The Hall–Kier alpha value is 0.350. The molecule has 1 aliphatic heterocycles. The maximum Gasteiger partial charge on any atom is 0.0277 e. The van der Waals surface area contributed by atoms with Crippen molar-refractivity contribution >= 4 is 8.15 Å². The van der Waals surface area contributed by atoms with Gasteiger partial charge in [0.25, 0.3) is 0 Å². The van der Waals surface area contributed by atoms with E-state index in [2.05, 4.69) is 18.7 Å². The second-order valence-electron chi connectivity index (χ2n) is 3.08. The highest BCUT2D eigenvalue weighted by molar-refractivity contribution is 7.51. The van der Waals surface area contributed by atoms with Crippen LogP contribution in [0.3, 0.4) is 0 Å². The first kappa shape index (κ1) is 8.45. The molecule has 0 radical (unpaired) electrons. The van der Waals surface area contributed by atoms with Crippen molar-refractivity contribution in [1.29, 1.82) is 0 Å². The number of hydrogen-bond acceptors (Lipinski definition) is 2. The molecule has 0 aromatic heterocycles. The minimum atomic E-state index is -0.585. The molecule has 0 aliphatic carbocycles. The molecule has 0 unspecified atom stereocenters. The van der Waals surface area contributed by atoms with Gasteiger partial charge in [-0.3, -0.25) is 0 Å². The Morgan fingerprint density at radius 2 is 1.80 bits per heavy atom. The molecular weight excluding hydrogens is 145 g/mol. The third-order valence-electron chi connectivity index (χ3n) is 2.02. The van der Waals surface area contributed by atoms with Gasteiger partial charge in [-0.15, -0.1) is 0 Å². The SMILES string of the molecule is CC(C)N1CCP(O)CC1. The lowest BCUT2D eigenvalue weighted by molar-refractivity contribution is 0.239. The van der Waals surface area contributed by atoms with E-state index >= 15 is 0 Å². The van der Waals surface area contributed by atoms with E-state index in [4.69, 9.17) is 0 Å². The predicted octanol–water partition coefficient (Wildman–Crippen LogP) is 1.10. The van der Waals surface area contributed by atoms with Gasteiger partial charge in [0, 0.05) is 39.6 Å². The average Bonchev–Trinajstić information content (AvgIpc) is 1.88. The first-order valence-corrected chi connectivity index (χ1v) is 5.54. The third-order valence-corrected chi connectivity index (χ3v) is 3.45. The first-order valence-electron chi connectivity index (χ1n) is 3.88. The number of hydrogen-bond donors (Lipinski definition) is 1. The summed E-state index contributed by atoms with van der Waals surface area (Å²) in [5.74, 6) is 0. The molecule has 10 heavy (non-hydrogen) atoms. The van der Waals surface area contributed by atoms with Crippen LogP contribution in [0, 0.1) is 0 Å². The first-order chi connectivity index (χ1) is 4.70. The molecule has 60 valence electrons. The molecule has 0 aromatic carbocycles. The maximum atomic E-state index is 9.25. The predicted molar refractivity (Wildman–Crippen MR) is 45.6 cm³/mol. The smallest absolute Gasteiger partial charge is 0.0277 e. The maximum absolute atomic E-state index is 9.25. The van der Waals surface area contributed by atoms with Crippen molar-refractivity contribution in [1.82, 2.24) is 4.90 Å². The highest BCUT2D eigenvalue weighted by Crippen LogP contribution is 2.32. The van der Waals surface area contributed by atoms with E-state index in [1.807, 2.05) is 0 Å². The fourth-order valence-corrected chi connectivity index (χ4v) is 2.43. The van der Waals surface area contributed by atoms with Crippen molar-refractivity contribution in [2.75, 3.05) is 25.4 Å². The monoisotopic (exact) mass is 161 g/mol. The molecule has 3 heteroatoms. The molecule has 1 saturated heterocycles. The zero-order valence-electron chi connectivity index (χ0n) is 6.75. The van der Waals surface area contributed by atoms with Crippen molar-refractivity contribution in [3.05, 3.63) is 0 Å². The molecule has 0 amide bonds. The standard InChI is InChI=1S/C7H16NOP/c1-7(2)8-3-5-10(9)6-4-8/h7,9H,3-6H2,1-2H3. The molecule has 0 saturated carbocycles. The molecule has 2 nitrogen and oxygen atoms in total. The summed E-state index contributed by atoms with van der Waals surface area (Å²) in [5.41, 5.74) is 0. The van der Waals surface area contributed by atoms with Crippen LogP contribution >= 0.6 is 8.15 Å². The Bertz CT molecular complexity index is 99.8. The van der Waals surface area contributed by atoms with Gasteiger partial charge in [-0.05, 0) is 13.8 Å². The second kappa shape index (κ2) is 3.66. The lowest BCUT2D eigenvalue weighted by atomic mass is 10.3. The van der Waals surface area contributed by atoms with Gasteiger partial charge in [0.15, 0.2) is 0 Å². The fraction of sp³-hybridized carbons (Fsp3) is 1.00. The molecule has 1 N–H and O–H groups in total. The molecule has 1 rings (SSSR count). The Balaban J connectivity index is 2.26. The van der Waals surface area contributed by atoms with Crippen LogP contribution in [0.5, 0.6) is 0 Å². The quantitative estimate of drug-likeness (QED) is 0.582. The van der Waals surface area contributed by atoms with E-state index in [0.717, 1.165) is 25.4 Å². The van der Waals surface area contributed by atoms with Crippen LogP contribution in [0.15, 0.2) is 0 Å². The fourth-order valence-electron chi connectivity index (χ4n) is 1.23. The summed E-state index contributed by atoms with van der Waals surface area (Å²) in [7, 11) is -0.585. The van der Waals surface area contributed by atoms with E-state index in [0.29, 0.717) is 6.04 Å². The highest BCUT2D eigenvalue weighted by atomic mass is 31.1. The van der Waals surface area contributed by atoms with E-state index in [1.54, 1.807) is 0 Å². The van der Waals surface area contributed by atoms with Gasteiger partial charge in [-0.25, -0.2) is 0 Å². The Morgan fingerprint density at radius 3 is 2.20 bits per heavy atom. The van der Waals surface area contributed by atoms with Gasteiger partial charge in [0.2, 0.25) is 0 Å². The topological polar surface area (TPSA) is 23.5 Å². The summed E-state index contributed by atoms with van der Waals surface area (Å²) in [6, 6.07) is 0.656. The van der Waals surface area contributed by atoms with Crippen LogP contribution in [0.4, 0.5) is 0 Å². The van der Waals surface area contributed by atoms with Crippen molar-refractivity contribution in [3.8, 4) is 0 Å². The van der Waals surface area contributed by atoms with E-state index in [1.165, 1.54) is 0 Å². The van der Waals surface area contributed by atoms with Gasteiger partial charge >= 0.3 is 0 Å². The largest absolute Gasteiger partial charge is 0.374 e. The lowest BCUT2D eigenvalue weighted by Crippen LogP contribution is -2.38. The summed E-state index contributed by atoms with van der Waals surface area (Å²) in [6.45, 7) is 6.62. The summed E-state index contributed by atoms with van der Waals surface area (Å²) < 4.78 is 0. The van der Waals surface area contributed by atoms with Gasteiger partial charge < -0.3 is 9.79 Å². The zero-order valence-corrected chi connectivity index (χ0v) is 7.64. The minimum absolute atomic E-state index is 0.585. The summed E-state index contributed by atoms with van der Waals surface area (Å²) in [5, 5.41) is 0. The Kier molecular flexibility index (Phi) is 3.09. The summed E-state index contributed by atoms with van der Waals surface area (Å²) >= 11 is 0. The van der Waals surface area contributed by atoms with Gasteiger partial charge in [-0.2, -0.15) is 0 Å². The van der Waals surface area contributed by atoms with Crippen molar-refractivity contribution in [2.24, 2.45) is 0 Å². The molecule has 0 spiro atoms. The summed E-state index contributed by atoms with van der Waals surface area (Å²) in [6.07, 6.45) is 2.04. The molecule has 1 fully saturated rings. The summed E-state index contributed by atoms with van der Waals surface area (Å²) in [4.78, 5) is 11.7. The molecule has 0 bridgehead atoms. The van der Waals surface area contributed by atoms with E-state index in [9.17, 15) is 4.89 Å². The Labute approximate surface area is 64.1 Å². The van der Waals surface area contributed by atoms with Crippen molar-refractivity contribution in [3.63, 3.8) is 0 Å². The zero-order chi connectivity index (χ0) is 7.56. The Morgan fingerprint density at radius 1 is 1.30 bits per heavy atom. The van der Waals surface area contributed by atoms with Crippen LogP contribution in [-0.2, 0) is 0 Å². The van der Waals surface area contributed by atoms with E-state index < -0.39 is 8.15 Å². The van der Waals surface area contributed by atoms with Crippen LogP contribution in [0.2, 0.25) is 0 Å². The second-order valence-corrected chi connectivity index (χ2v) is 4.99. The molecule has 1 aliphatic rings. The van der Waals surface area contributed by atoms with Crippen LogP contribution < -0.4 is 0 Å². The van der Waals surface area contributed by atoms with Crippen molar-refractivity contribution < 1.29 is 4.89 Å². The van der Waals surface area contributed by atoms with Crippen LogP contribution in [0.25, 0.3) is 0 Å². The van der Waals surface area contributed by atoms with Crippen LogP contribution in [-0.4, -0.2) is 41.2 Å². The normalized spacial score (nSPS) is 24.0. The number of nitrogens with zero attached hydrogens (tertiary/aromatic N) is 1. The van der Waals surface area contributed by atoms with Gasteiger partial charge in [0.05, 0.1) is 0 Å². The lowest BCUT2D eigenvalue weighted by Gasteiger charge is -2.32. The third kappa shape index (κ3) is 2.19. The molecular formula is C7H16NOP.